The topological polar surface area (TPSA) is 34.2 Å². The van der Waals surface area contributed by atoms with Crippen molar-refractivity contribution in [3.05, 3.63) is 57.8 Å². The second-order valence-electron chi connectivity index (χ2n) is 4.97. The fraction of sp³-hybridized carbons (Fsp3) is 0.353. The Hall–Kier alpha value is -1.39. The molecule has 112 valence electrons. The standard InChI is InChI=1S/C17H21BrN2O/c1-4-19-16(11-15-12(2)6-5-9-20-15)14-8-7-13(18)10-17(14)21-3/h5-10,16,19H,4,11H2,1-3H3. The fourth-order valence-corrected chi connectivity index (χ4v) is 2.78. The van der Waals surface area contributed by atoms with E-state index >= 15 is 0 Å². The van der Waals surface area contributed by atoms with Crippen molar-refractivity contribution in [3.63, 3.8) is 0 Å². The van der Waals surface area contributed by atoms with Crippen LogP contribution in [0.2, 0.25) is 0 Å². The second kappa shape index (κ2) is 7.57. The lowest BCUT2D eigenvalue weighted by Crippen LogP contribution is -2.24. The highest BCUT2D eigenvalue weighted by Gasteiger charge is 2.17. The van der Waals surface area contributed by atoms with Crippen molar-refractivity contribution in [2.75, 3.05) is 13.7 Å². The molecule has 0 saturated carbocycles. The monoisotopic (exact) mass is 348 g/mol. The number of aromatic nitrogens is 1. The highest BCUT2D eigenvalue weighted by atomic mass is 79.9. The number of halogens is 1. The zero-order valence-corrected chi connectivity index (χ0v) is 14.3. The first-order chi connectivity index (χ1) is 10.2. The Morgan fingerprint density at radius 2 is 2.14 bits per heavy atom. The van der Waals surface area contributed by atoms with Gasteiger partial charge in [-0.05, 0) is 37.2 Å². The smallest absolute Gasteiger partial charge is 0.124 e. The number of ether oxygens (including phenoxy) is 1. The van der Waals surface area contributed by atoms with Crippen LogP contribution < -0.4 is 10.1 Å². The molecule has 0 bridgehead atoms. The Labute approximate surface area is 134 Å². The van der Waals surface area contributed by atoms with Gasteiger partial charge in [-0.25, -0.2) is 0 Å². The number of pyridine rings is 1. The van der Waals surface area contributed by atoms with Crippen molar-refractivity contribution in [2.45, 2.75) is 26.3 Å². The van der Waals surface area contributed by atoms with Gasteiger partial charge in [0.05, 0.1) is 7.11 Å². The van der Waals surface area contributed by atoms with Crippen molar-refractivity contribution in [2.24, 2.45) is 0 Å². The number of likely N-dealkylation sites (N-methyl/N-ethyl adjacent to an activating group) is 1. The minimum Gasteiger partial charge on any atom is -0.496 e. The number of aryl methyl sites for hydroxylation is 1. The SMILES string of the molecule is CCNC(Cc1ncccc1C)c1ccc(Br)cc1OC. The Bertz CT molecular complexity index is 601. The Kier molecular flexibility index (Phi) is 5.76. The van der Waals surface area contributed by atoms with E-state index in [2.05, 4.69) is 52.2 Å². The average Bonchev–Trinajstić information content (AvgIpc) is 2.49. The van der Waals surface area contributed by atoms with E-state index in [4.69, 9.17) is 4.74 Å². The van der Waals surface area contributed by atoms with Crippen molar-refractivity contribution < 1.29 is 4.74 Å². The Morgan fingerprint density at radius 1 is 1.33 bits per heavy atom. The van der Waals surface area contributed by atoms with Crippen LogP contribution in [-0.2, 0) is 6.42 Å². The molecular weight excluding hydrogens is 328 g/mol. The highest BCUT2D eigenvalue weighted by molar-refractivity contribution is 9.10. The summed E-state index contributed by atoms with van der Waals surface area (Å²) in [6.07, 6.45) is 2.70. The molecule has 3 nitrogen and oxygen atoms in total. The molecule has 1 atom stereocenters. The molecule has 1 aromatic carbocycles. The molecule has 0 aliphatic heterocycles. The number of nitrogens with one attached hydrogen (secondary N) is 1. The van der Waals surface area contributed by atoms with E-state index in [9.17, 15) is 0 Å². The van der Waals surface area contributed by atoms with E-state index < -0.39 is 0 Å². The first-order valence-corrected chi connectivity index (χ1v) is 7.92. The van der Waals surface area contributed by atoms with Gasteiger partial charge in [0.25, 0.3) is 0 Å². The molecule has 2 rings (SSSR count). The van der Waals surface area contributed by atoms with Gasteiger partial charge in [0.15, 0.2) is 0 Å². The molecule has 1 aromatic heterocycles. The Morgan fingerprint density at radius 3 is 2.81 bits per heavy atom. The van der Waals surface area contributed by atoms with Crippen molar-refractivity contribution in [1.82, 2.24) is 10.3 Å². The lowest BCUT2D eigenvalue weighted by Gasteiger charge is -2.21. The summed E-state index contributed by atoms with van der Waals surface area (Å²) in [5, 5.41) is 3.53. The molecule has 0 radical (unpaired) electrons. The van der Waals surface area contributed by atoms with Gasteiger partial charge in [-0.2, -0.15) is 0 Å². The van der Waals surface area contributed by atoms with Gasteiger partial charge in [0, 0.05) is 34.4 Å². The summed E-state index contributed by atoms with van der Waals surface area (Å²) in [5.41, 5.74) is 3.50. The van der Waals surface area contributed by atoms with E-state index in [1.54, 1.807) is 7.11 Å². The third-order valence-electron chi connectivity index (χ3n) is 3.54. The zero-order valence-electron chi connectivity index (χ0n) is 12.7. The fourth-order valence-electron chi connectivity index (χ4n) is 2.44. The lowest BCUT2D eigenvalue weighted by molar-refractivity contribution is 0.398. The summed E-state index contributed by atoms with van der Waals surface area (Å²) >= 11 is 3.49. The number of nitrogens with zero attached hydrogens (tertiary/aromatic N) is 1. The second-order valence-corrected chi connectivity index (χ2v) is 5.88. The molecule has 0 aliphatic rings. The van der Waals surface area contributed by atoms with Crippen molar-refractivity contribution in [3.8, 4) is 5.75 Å². The number of hydrogen-bond acceptors (Lipinski definition) is 3. The van der Waals surface area contributed by atoms with Gasteiger partial charge >= 0.3 is 0 Å². The van der Waals surface area contributed by atoms with Crippen LogP contribution in [0, 0.1) is 6.92 Å². The zero-order chi connectivity index (χ0) is 15.2. The van der Waals surface area contributed by atoms with E-state index in [1.165, 1.54) is 5.56 Å². The molecular formula is C17H21BrN2O. The van der Waals surface area contributed by atoms with Crippen molar-refractivity contribution in [1.29, 1.82) is 0 Å². The predicted octanol–water partition coefficient (Wildman–Crippen LogP) is 4.05. The van der Waals surface area contributed by atoms with Gasteiger partial charge in [0.1, 0.15) is 5.75 Å². The largest absolute Gasteiger partial charge is 0.496 e. The highest BCUT2D eigenvalue weighted by Crippen LogP contribution is 2.30. The van der Waals surface area contributed by atoms with Gasteiger partial charge in [0.2, 0.25) is 0 Å². The third kappa shape index (κ3) is 4.05. The summed E-state index contributed by atoms with van der Waals surface area (Å²) in [4.78, 5) is 4.51. The Balaban J connectivity index is 2.33. The first-order valence-electron chi connectivity index (χ1n) is 7.13. The molecule has 0 spiro atoms. The average molecular weight is 349 g/mol. The van der Waals surface area contributed by atoms with Gasteiger partial charge in [-0.1, -0.05) is 35.0 Å². The first kappa shape index (κ1) is 16.0. The molecule has 2 aromatic rings. The van der Waals surface area contributed by atoms with Gasteiger partial charge in [-0.3, -0.25) is 4.98 Å². The van der Waals surface area contributed by atoms with E-state index in [0.717, 1.165) is 34.4 Å². The minimum absolute atomic E-state index is 0.187. The van der Waals surface area contributed by atoms with Crippen LogP contribution in [0.25, 0.3) is 0 Å². The summed E-state index contributed by atoms with van der Waals surface area (Å²) in [5.74, 6) is 0.893. The molecule has 4 heteroatoms. The molecule has 0 amide bonds. The maximum atomic E-state index is 5.53. The summed E-state index contributed by atoms with van der Waals surface area (Å²) in [6.45, 7) is 5.11. The van der Waals surface area contributed by atoms with Crippen LogP contribution in [0.5, 0.6) is 5.75 Å². The van der Waals surface area contributed by atoms with Crippen LogP contribution in [0.4, 0.5) is 0 Å². The predicted molar refractivity (Wildman–Crippen MR) is 89.8 cm³/mol. The van der Waals surface area contributed by atoms with E-state index in [1.807, 2.05) is 24.4 Å². The number of benzene rings is 1. The molecule has 0 saturated heterocycles. The number of methoxy groups -OCH3 is 1. The quantitative estimate of drug-likeness (QED) is 0.854. The summed E-state index contributed by atoms with van der Waals surface area (Å²) in [7, 11) is 1.71. The van der Waals surface area contributed by atoms with Gasteiger partial charge in [-0.15, -0.1) is 0 Å². The molecule has 1 unspecified atom stereocenters. The molecule has 1 N–H and O–H groups in total. The summed E-state index contributed by atoms with van der Waals surface area (Å²) < 4.78 is 6.55. The maximum Gasteiger partial charge on any atom is 0.124 e. The van der Waals surface area contributed by atoms with Crippen LogP contribution in [0.15, 0.2) is 41.0 Å². The van der Waals surface area contributed by atoms with Crippen LogP contribution in [-0.4, -0.2) is 18.6 Å². The molecule has 21 heavy (non-hydrogen) atoms. The minimum atomic E-state index is 0.187. The van der Waals surface area contributed by atoms with Crippen molar-refractivity contribution >= 4 is 15.9 Å². The maximum absolute atomic E-state index is 5.53. The van der Waals surface area contributed by atoms with Crippen LogP contribution in [0.3, 0.4) is 0 Å². The molecule has 1 heterocycles. The van der Waals surface area contributed by atoms with Crippen LogP contribution >= 0.6 is 15.9 Å². The third-order valence-corrected chi connectivity index (χ3v) is 4.03. The van der Waals surface area contributed by atoms with Crippen LogP contribution in [0.1, 0.15) is 29.8 Å². The number of hydrogen-bond donors (Lipinski definition) is 1. The summed E-state index contributed by atoms with van der Waals surface area (Å²) in [6, 6.07) is 10.4. The molecule has 0 fully saturated rings. The van der Waals surface area contributed by atoms with Gasteiger partial charge < -0.3 is 10.1 Å². The van der Waals surface area contributed by atoms with E-state index in [-0.39, 0.29) is 6.04 Å². The normalized spacial score (nSPS) is 12.2. The van der Waals surface area contributed by atoms with E-state index in [0.29, 0.717) is 0 Å². The molecule has 0 aliphatic carbocycles. The lowest BCUT2D eigenvalue weighted by atomic mass is 9.98. The number of rotatable bonds is 6.